The van der Waals surface area contributed by atoms with Crippen LogP contribution in [0.4, 0.5) is 0 Å². The van der Waals surface area contributed by atoms with Crippen LogP contribution in [-0.2, 0) is 4.74 Å². The number of aliphatic hydroxyl groups excluding tert-OH is 1. The molecule has 98 valence electrons. The predicted octanol–water partition coefficient (Wildman–Crippen LogP) is 2.14. The molecule has 16 heavy (non-hydrogen) atoms. The summed E-state index contributed by atoms with van der Waals surface area (Å²) >= 11 is 0. The third-order valence-corrected chi connectivity index (χ3v) is 3.13. The molecule has 0 aromatic heterocycles. The lowest BCUT2D eigenvalue weighted by atomic mass is 9.85. The first-order chi connectivity index (χ1) is 7.49. The summed E-state index contributed by atoms with van der Waals surface area (Å²) in [6, 6.07) is 0.498. The molecule has 0 aliphatic rings. The van der Waals surface area contributed by atoms with E-state index in [4.69, 9.17) is 4.74 Å². The minimum atomic E-state index is 0.0206. The maximum absolute atomic E-state index is 9.51. The topological polar surface area (TPSA) is 32.7 Å². The number of ether oxygens (including phenoxy) is 1. The van der Waals surface area contributed by atoms with Gasteiger partial charge < -0.3 is 9.84 Å². The van der Waals surface area contributed by atoms with Crippen LogP contribution < -0.4 is 0 Å². The standard InChI is InChI=1S/C13H29NO2/c1-6-7-13(4,11-15)10-14(12(2)3)8-9-16-5/h12,15H,6-11H2,1-5H3. The van der Waals surface area contributed by atoms with Crippen LogP contribution in [-0.4, -0.2) is 49.5 Å². The molecule has 0 rings (SSSR count). The molecule has 3 nitrogen and oxygen atoms in total. The molecule has 0 bridgehead atoms. The smallest absolute Gasteiger partial charge is 0.0589 e. The van der Waals surface area contributed by atoms with Crippen molar-refractivity contribution < 1.29 is 9.84 Å². The SMILES string of the molecule is CCCC(C)(CO)CN(CCOC)C(C)C. The van der Waals surface area contributed by atoms with Crippen molar-refractivity contribution in [1.82, 2.24) is 4.90 Å². The normalized spacial score (nSPS) is 15.8. The third kappa shape index (κ3) is 5.83. The Morgan fingerprint density at radius 3 is 2.38 bits per heavy atom. The van der Waals surface area contributed by atoms with Crippen LogP contribution in [0.1, 0.15) is 40.5 Å². The molecule has 0 saturated heterocycles. The molecule has 3 heteroatoms. The third-order valence-electron chi connectivity index (χ3n) is 3.13. The van der Waals surface area contributed by atoms with Gasteiger partial charge in [-0.3, -0.25) is 4.90 Å². The fraction of sp³-hybridized carbons (Fsp3) is 1.00. The van der Waals surface area contributed by atoms with Crippen molar-refractivity contribution in [3.63, 3.8) is 0 Å². The number of rotatable bonds is 9. The Kier molecular flexibility index (Phi) is 7.98. The monoisotopic (exact) mass is 231 g/mol. The summed E-state index contributed by atoms with van der Waals surface area (Å²) < 4.78 is 5.13. The van der Waals surface area contributed by atoms with Gasteiger partial charge in [0.25, 0.3) is 0 Å². The minimum absolute atomic E-state index is 0.0206. The Bertz CT molecular complexity index is 173. The van der Waals surface area contributed by atoms with Gasteiger partial charge in [0.1, 0.15) is 0 Å². The molecular weight excluding hydrogens is 202 g/mol. The molecule has 0 aliphatic heterocycles. The maximum atomic E-state index is 9.51. The molecule has 0 aliphatic carbocycles. The fourth-order valence-corrected chi connectivity index (χ4v) is 2.03. The van der Waals surface area contributed by atoms with Crippen molar-refractivity contribution in [3.05, 3.63) is 0 Å². The zero-order chi connectivity index (χ0) is 12.6. The Morgan fingerprint density at radius 2 is 2.00 bits per heavy atom. The highest BCUT2D eigenvalue weighted by Gasteiger charge is 2.26. The first-order valence-electron chi connectivity index (χ1n) is 6.33. The Balaban J connectivity index is 4.33. The quantitative estimate of drug-likeness (QED) is 0.660. The first kappa shape index (κ1) is 15.9. The van der Waals surface area contributed by atoms with Crippen molar-refractivity contribution >= 4 is 0 Å². The Labute approximate surface area is 101 Å². The van der Waals surface area contributed by atoms with E-state index in [2.05, 4.69) is 32.6 Å². The molecule has 0 amide bonds. The number of methoxy groups -OCH3 is 1. The van der Waals surface area contributed by atoms with Crippen molar-refractivity contribution in [2.75, 3.05) is 33.4 Å². The summed E-state index contributed by atoms with van der Waals surface area (Å²) in [5, 5.41) is 9.51. The lowest BCUT2D eigenvalue weighted by molar-refractivity contribution is 0.0501. The van der Waals surface area contributed by atoms with Crippen LogP contribution in [0.15, 0.2) is 0 Å². The van der Waals surface area contributed by atoms with Gasteiger partial charge in [-0.15, -0.1) is 0 Å². The highest BCUT2D eigenvalue weighted by Crippen LogP contribution is 2.24. The van der Waals surface area contributed by atoms with E-state index in [0.29, 0.717) is 6.04 Å². The van der Waals surface area contributed by atoms with Gasteiger partial charge in [-0.1, -0.05) is 20.3 Å². The average molecular weight is 231 g/mol. The van der Waals surface area contributed by atoms with Gasteiger partial charge in [-0.2, -0.15) is 0 Å². The fourth-order valence-electron chi connectivity index (χ4n) is 2.03. The predicted molar refractivity (Wildman–Crippen MR) is 68.7 cm³/mol. The molecule has 1 unspecified atom stereocenters. The Morgan fingerprint density at radius 1 is 1.38 bits per heavy atom. The Hall–Kier alpha value is -0.120. The second-order valence-electron chi connectivity index (χ2n) is 5.28. The van der Waals surface area contributed by atoms with Gasteiger partial charge in [0, 0.05) is 38.3 Å². The maximum Gasteiger partial charge on any atom is 0.0589 e. The van der Waals surface area contributed by atoms with Gasteiger partial charge in [0.15, 0.2) is 0 Å². The summed E-state index contributed by atoms with van der Waals surface area (Å²) in [7, 11) is 1.73. The van der Waals surface area contributed by atoms with E-state index in [1.807, 2.05) is 0 Å². The summed E-state index contributed by atoms with van der Waals surface area (Å²) in [5.74, 6) is 0. The van der Waals surface area contributed by atoms with Gasteiger partial charge in [0.05, 0.1) is 6.61 Å². The zero-order valence-electron chi connectivity index (χ0n) is 11.6. The van der Waals surface area contributed by atoms with E-state index in [1.54, 1.807) is 7.11 Å². The first-order valence-corrected chi connectivity index (χ1v) is 6.33. The molecule has 0 spiro atoms. The summed E-state index contributed by atoms with van der Waals surface area (Å²) in [6.45, 7) is 11.6. The van der Waals surface area contributed by atoms with Crippen LogP contribution in [0, 0.1) is 5.41 Å². The second kappa shape index (κ2) is 8.04. The number of hydrogen-bond donors (Lipinski definition) is 1. The van der Waals surface area contributed by atoms with Gasteiger partial charge in [0.2, 0.25) is 0 Å². The minimum Gasteiger partial charge on any atom is -0.396 e. The summed E-state index contributed by atoms with van der Waals surface area (Å²) in [4.78, 5) is 2.38. The number of hydrogen-bond acceptors (Lipinski definition) is 3. The largest absolute Gasteiger partial charge is 0.396 e. The van der Waals surface area contributed by atoms with Crippen molar-refractivity contribution in [1.29, 1.82) is 0 Å². The van der Waals surface area contributed by atoms with E-state index in [9.17, 15) is 5.11 Å². The lowest BCUT2D eigenvalue weighted by Gasteiger charge is -2.36. The molecular formula is C13H29NO2. The van der Waals surface area contributed by atoms with Crippen LogP contribution in [0.2, 0.25) is 0 Å². The van der Waals surface area contributed by atoms with Gasteiger partial charge in [-0.05, 0) is 20.3 Å². The summed E-state index contributed by atoms with van der Waals surface area (Å²) in [6.07, 6.45) is 2.19. The summed E-state index contributed by atoms with van der Waals surface area (Å²) in [5.41, 5.74) is 0.0206. The molecule has 0 aromatic rings. The van der Waals surface area contributed by atoms with Gasteiger partial charge >= 0.3 is 0 Å². The van der Waals surface area contributed by atoms with E-state index in [1.165, 1.54) is 0 Å². The molecule has 0 fully saturated rings. The van der Waals surface area contributed by atoms with Crippen LogP contribution in [0.5, 0.6) is 0 Å². The average Bonchev–Trinajstić information content (AvgIpc) is 2.24. The highest BCUT2D eigenvalue weighted by molar-refractivity contribution is 4.79. The molecule has 0 heterocycles. The van der Waals surface area contributed by atoms with E-state index in [0.717, 1.165) is 32.5 Å². The molecule has 0 saturated carbocycles. The van der Waals surface area contributed by atoms with E-state index < -0.39 is 0 Å². The van der Waals surface area contributed by atoms with Crippen molar-refractivity contribution in [2.45, 2.75) is 46.6 Å². The van der Waals surface area contributed by atoms with Crippen LogP contribution in [0.3, 0.4) is 0 Å². The van der Waals surface area contributed by atoms with Gasteiger partial charge in [-0.25, -0.2) is 0 Å². The molecule has 1 N–H and O–H groups in total. The zero-order valence-corrected chi connectivity index (χ0v) is 11.6. The number of nitrogens with zero attached hydrogens (tertiary/aromatic N) is 1. The van der Waals surface area contributed by atoms with Crippen LogP contribution in [0.25, 0.3) is 0 Å². The lowest BCUT2D eigenvalue weighted by Crippen LogP contribution is -2.43. The van der Waals surface area contributed by atoms with E-state index >= 15 is 0 Å². The number of aliphatic hydroxyl groups is 1. The second-order valence-corrected chi connectivity index (χ2v) is 5.28. The highest BCUT2D eigenvalue weighted by atomic mass is 16.5. The van der Waals surface area contributed by atoms with Crippen molar-refractivity contribution in [3.8, 4) is 0 Å². The molecule has 1 atom stereocenters. The van der Waals surface area contributed by atoms with Crippen LogP contribution >= 0.6 is 0 Å². The molecule has 0 aromatic carbocycles. The van der Waals surface area contributed by atoms with E-state index in [-0.39, 0.29) is 12.0 Å². The molecule has 0 radical (unpaired) electrons. The van der Waals surface area contributed by atoms with Crippen molar-refractivity contribution in [2.24, 2.45) is 5.41 Å².